The largest absolute Gasteiger partial charge is 0.505 e. The Morgan fingerprint density at radius 1 is 1.26 bits per heavy atom. The van der Waals surface area contributed by atoms with Gasteiger partial charge in [-0.25, -0.2) is 9.18 Å². The fraction of sp³-hybridized carbons (Fsp3) is 0.536. The number of aromatic hydroxyl groups is 1. The van der Waals surface area contributed by atoms with Crippen LogP contribution in [0.15, 0.2) is 35.4 Å². The first-order valence-electron chi connectivity index (χ1n) is 12.7. The van der Waals surface area contributed by atoms with Crippen LogP contribution in [0.4, 0.5) is 14.9 Å². The number of aliphatic hydroxyl groups is 1. The van der Waals surface area contributed by atoms with Gasteiger partial charge in [-0.1, -0.05) is 26.0 Å². The van der Waals surface area contributed by atoms with Gasteiger partial charge in [0.05, 0.1) is 23.8 Å². The van der Waals surface area contributed by atoms with Gasteiger partial charge in [-0.05, 0) is 62.7 Å². The summed E-state index contributed by atoms with van der Waals surface area (Å²) in [5, 5.41) is 24.4. The Hall–Kier alpha value is -3.24. The maximum absolute atomic E-state index is 14.4. The van der Waals surface area contributed by atoms with E-state index in [4.69, 9.17) is 15.2 Å². The number of carbonyl (C=O) groups is 3. The van der Waals surface area contributed by atoms with Crippen molar-refractivity contribution in [1.82, 2.24) is 0 Å². The lowest BCUT2D eigenvalue weighted by molar-refractivity contribution is -0.114. The van der Waals surface area contributed by atoms with Crippen LogP contribution in [0.3, 0.4) is 0 Å². The van der Waals surface area contributed by atoms with Crippen LogP contribution in [0, 0.1) is 23.6 Å². The summed E-state index contributed by atoms with van der Waals surface area (Å²) in [6, 6.07) is 2.27. The molecule has 38 heavy (non-hydrogen) atoms. The molecule has 1 aliphatic heterocycles. The molecule has 2 bridgehead atoms. The molecule has 1 aromatic rings. The van der Waals surface area contributed by atoms with Gasteiger partial charge in [-0.2, -0.15) is 0 Å². The zero-order chi connectivity index (χ0) is 28.6. The van der Waals surface area contributed by atoms with Gasteiger partial charge in [0.2, 0.25) is 0 Å². The number of nitrogens with two attached hydrogens (primary N) is 1. The van der Waals surface area contributed by atoms with E-state index in [9.17, 15) is 29.0 Å². The Balaban J connectivity index is 2.53. The predicted molar refractivity (Wildman–Crippen MR) is 141 cm³/mol. The smallest absolute Gasteiger partial charge is 0.405 e. The molecule has 2 rings (SSSR count). The van der Waals surface area contributed by atoms with Gasteiger partial charge in [-0.3, -0.25) is 4.79 Å². The molecule has 0 saturated carbocycles. The van der Waals surface area contributed by atoms with Crippen molar-refractivity contribution in [1.29, 1.82) is 0 Å². The van der Waals surface area contributed by atoms with Crippen LogP contribution in [-0.4, -0.2) is 53.9 Å². The van der Waals surface area contributed by atoms with Gasteiger partial charge in [0.15, 0.2) is 0 Å². The number of amides is 2. The molecule has 0 saturated heterocycles. The summed E-state index contributed by atoms with van der Waals surface area (Å²) in [6.07, 6.45) is 1.63. The van der Waals surface area contributed by atoms with Crippen LogP contribution in [0.1, 0.15) is 52.5 Å². The summed E-state index contributed by atoms with van der Waals surface area (Å²) in [5.74, 6) is -2.73. The quantitative estimate of drug-likeness (QED) is 0.260. The van der Waals surface area contributed by atoms with Crippen LogP contribution >= 0.6 is 0 Å². The highest BCUT2D eigenvalue weighted by Crippen LogP contribution is 2.33. The average molecular weight is 535 g/mol. The molecule has 5 N–H and O–H groups in total. The second-order valence-corrected chi connectivity index (χ2v) is 10.1. The standard InChI is InChI=1S/C28H39FN2O7/c1-15-9-20-12-21(29)13-22(25(20)34)31-27(35)16(2)7-6-8-19(14-32)26(38-28(30)36)18(4)11-17(3)24(33)23(10-15)37-5/h7,11-15,17,19,23-24,26,33-34H,6,8-10H2,1-5H3,(H2,30,36)(H,31,35)/b16-7+,18-11+/t15-,17+,19-,23+,24-,26+/m1/s1. The number of primary amides is 1. The molecule has 1 aromatic carbocycles. The summed E-state index contributed by atoms with van der Waals surface area (Å²) in [4.78, 5) is 36.3. The molecule has 210 valence electrons. The van der Waals surface area contributed by atoms with Crippen molar-refractivity contribution in [3.05, 3.63) is 46.8 Å². The summed E-state index contributed by atoms with van der Waals surface area (Å²) < 4.78 is 25.2. The number of carbonyl (C=O) groups excluding carboxylic acids is 3. The van der Waals surface area contributed by atoms with Crippen molar-refractivity contribution in [2.75, 3.05) is 12.4 Å². The normalized spacial score (nSPS) is 30.8. The van der Waals surface area contributed by atoms with Crippen molar-refractivity contribution >= 4 is 24.0 Å². The molecule has 0 spiro atoms. The average Bonchev–Trinajstić information content (AvgIpc) is 2.85. The minimum atomic E-state index is -1.04. The number of methoxy groups -OCH3 is 1. The number of ether oxygens (including phenoxy) is 2. The van der Waals surface area contributed by atoms with E-state index in [0.29, 0.717) is 29.4 Å². The van der Waals surface area contributed by atoms with Crippen LogP contribution in [0.25, 0.3) is 0 Å². The molecular weight excluding hydrogens is 495 g/mol. The molecule has 1 heterocycles. The number of aldehydes is 1. The van der Waals surface area contributed by atoms with Gasteiger partial charge >= 0.3 is 6.09 Å². The third-order valence-electron chi connectivity index (χ3n) is 6.92. The first kappa shape index (κ1) is 31.0. The van der Waals surface area contributed by atoms with Crippen LogP contribution < -0.4 is 11.1 Å². The number of halogens is 1. The number of allylic oxidation sites excluding steroid dienone is 1. The second-order valence-electron chi connectivity index (χ2n) is 10.1. The number of fused-ring (bicyclic) bond motifs is 2. The molecule has 0 unspecified atom stereocenters. The van der Waals surface area contributed by atoms with E-state index >= 15 is 0 Å². The van der Waals surface area contributed by atoms with Crippen LogP contribution in [0.5, 0.6) is 5.75 Å². The Labute approximate surface area is 222 Å². The van der Waals surface area contributed by atoms with E-state index in [1.165, 1.54) is 13.2 Å². The van der Waals surface area contributed by atoms with E-state index < -0.39 is 48.0 Å². The molecular formula is C28H39FN2O7. The highest BCUT2D eigenvalue weighted by molar-refractivity contribution is 6.04. The number of aliphatic hydroxyl groups excluding tert-OH is 1. The fourth-order valence-electron chi connectivity index (χ4n) is 4.82. The SMILES string of the molecule is CO[C@H]1C[C@H](C)Cc2cc(F)cc(c2O)NC(=O)/C(C)=C/CC[C@H](C=O)[C@@H](OC(N)=O)/C(C)=C/[C@H](C)[C@H]1O. The van der Waals surface area contributed by atoms with E-state index in [1.807, 2.05) is 6.92 Å². The molecule has 0 radical (unpaired) electrons. The maximum Gasteiger partial charge on any atom is 0.405 e. The molecule has 10 heteroatoms. The lowest BCUT2D eigenvalue weighted by Crippen LogP contribution is -2.36. The van der Waals surface area contributed by atoms with Gasteiger partial charge in [-0.15, -0.1) is 0 Å². The first-order chi connectivity index (χ1) is 17.9. The van der Waals surface area contributed by atoms with Crippen molar-refractivity contribution < 1.29 is 38.5 Å². The van der Waals surface area contributed by atoms with E-state index in [0.717, 1.165) is 6.07 Å². The van der Waals surface area contributed by atoms with Gasteiger partial charge in [0.25, 0.3) is 5.91 Å². The third kappa shape index (κ3) is 8.39. The second kappa shape index (κ2) is 14.1. The zero-order valence-electron chi connectivity index (χ0n) is 22.6. The van der Waals surface area contributed by atoms with E-state index in [2.05, 4.69) is 5.32 Å². The van der Waals surface area contributed by atoms with Crippen molar-refractivity contribution in [2.24, 2.45) is 23.5 Å². The summed E-state index contributed by atoms with van der Waals surface area (Å²) in [5.41, 5.74) is 6.38. The van der Waals surface area contributed by atoms with Crippen LogP contribution in [0.2, 0.25) is 0 Å². The number of hydrogen-bond donors (Lipinski definition) is 4. The zero-order valence-corrected chi connectivity index (χ0v) is 22.6. The Bertz CT molecular complexity index is 1070. The monoisotopic (exact) mass is 534 g/mol. The summed E-state index contributed by atoms with van der Waals surface area (Å²) in [7, 11) is 1.48. The maximum atomic E-state index is 14.4. The molecule has 0 aliphatic carbocycles. The van der Waals surface area contributed by atoms with Gasteiger partial charge in [0, 0.05) is 24.7 Å². The first-order valence-corrected chi connectivity index (χ1v) is 12.7. The third-order valence-corrected chi connectivity index (χ3v) is 6.92. The van der Waals surface area contributed by atoms with Gasteiger partial charge < -0.3 is 35.5 Å². The number of phenols is 1. The minimum Gasteiger partial charge on any atom is -0.505 e. The summed E-state index contributed by atoms with van der Waals surface area (Å²) >= 11 is 0. The Kier molecular flexibility index (Phi) is 11.5. The number of phenolic OH excluding ortho intramolecular Hbond substituents is 1. The number of nitrogens with one attached hydrogen (secondary N) is 1. The summed E-state index contributed by atoms with van der Waals surface area (Å²) in [6.45, 7) is 6.91. The number of rotatable bonds is 3. The van der Waals surface area contributed by atoms with Gasteiger partial charge in [0.1, 0.15) is 24.0 Å². The molecule has 2 amide bonds. The molecule has 1 aliphatic rings. The highest BCUT2D eigenvalue weighted by Gasteiger charge is 2.30. The van der Waals surface area contributed by atoms with E-state index in [-0.39, 0.29) is 36.6 Å². The molecule has 0 aromatic heterocycles. The lowest BCUT2D eigenvalue weighted by atomic mass is 9.87. The molecule has 0 fully saturated rings. The fourth-order valence-corrected chi connectivity index (χ4v) is 4.82. The number of benzene rings is 1. The van der Waals surface area contributed by atoms with Crippen LogP contribution in [-0.2, 0) is 25.5 Å². The molecule has 6 atom stereocenters. The minimum absolute atomic E-state index is 0.0553. The molecule has 9 nitrogen and oxygen atoms in total. The van der Waals surface area contributed by atoms with E-state index in [1.54, 1.807) is 32.9 Å². The van der Waals surface area contributed by atoms with Crippen molar-refractivity contribution in [3.63, 3.8) is 0 Å². The number of anilines is 1. The Morgan fingerprint density at radius 2 is 1.95 bits per heavy atom. The Morgan fingerprint density at radius 3 is 2.55 bits per heavy atom. The van der Waals surface area contributed by atoms with Crippen molar-refractivity contribution in [2.45, 2.75) is 71.7 Å². The lowest BCUT2D eigenvalue weighted by Gasteiger charge is -2.29. The number of hydrogen-bond acceptors (Lipinski definition) is 7. The highest BCUT2D eigenvalue weighted by atomic mass is 19.1. The predicted octanol–water partition coefficient (Wildman–Crippen LogP) is 4.02. The topological polar surface area (TPSA) is 148 Å². The van der Waals surface area contributed by atoms with Crippen molar-refractivity contribution in [3.8, 4) is 5.75 Å².